The van der Waals surface area contributed by atoms with E-state index in [-0.39, 0.29) is 17.9 Å². The molecule has 4 heteroatoms. The Kier molecular flexibility index (Phi) is 5.57. The van der Waals surface area contributed by atoms with Crippen LogP contribution in [0.3, 0.4) is 0 Å². The molecule has 0 aromatic heterocycles. The van der Waals surface area contributed by atoms with Crippen LogP contribution < -0.4 is 5.73 Å². The minimum Gasteiger partial charge on any atom is -0.334 e. The molecule has 1 amide bonds. The lowest BCUT2D eigenvalue weighted by atomic mass is 9.99. The van der Waals surface area contributed by atoms with Gasteiger partial charge in [-0.25, -0.2) is 0 Å². The van der Waals surface area contributed by atoms with Crippen molar-refractivity contribution in [3.05, 3.63) is 35.9 Å². The van der Waals surface area contributed by atoms with Crippen LogP contribution in [0, 0.1) is 5.92 Å². The Morgan fingerprint density at radius 1 is 1.21 bits per heavy atom. The number of amides is 1. The van der Waals surface area contributed by atoms with Crippen molar-refractivity contribution >= 4 is 5.91 Å². The van der Waals surface area contributed by atoms with Crippen molar-refractivity contribution in [2.24, 2.45) is 11.7 Å². The van der Waals surface area contributed by atoms with Gasteiger partial charge in [-0.15, -0.1) is 0 Å². The summed E-state index contributed by atoms with van der Waals surface area (Å²) in [6.07, 6.45) is 4.56. The van der Waals surface area contributed by atoms with Gasteiger partial charge < -0.3 is 10.6 Å². The van der Waals surface area contributed by atoms with Crippen molar-refractivity contribution in [2.75, 3.05) is 13.1 Å². The van der Waals surface area contributed by atoms with E-state index in [0.29, 0.717) is 12.1 Å². The fourth-order valence-corrected chi connectivity index (χ4v) is 3.71. The summed E-state index contributed by atoms with van der Waals surface area (Å²) in [6, 6.07) is 11.0. The van der Waals surface area contributed by atoms with E-state index < -0.39 is 0 Å². The fourth-order valence-electron chi connectivity index (χ4n) is 3.71. The maximum absolute atomic E-state index is 12.9. The molecule has 0 bridgehead atoms. The number of likely N-dealkylation sites (tertiary alicyclic amines) is 1. The first-order chi connectivity index (χ1) is 11.6. The number of carbonyl (C=O) groups excluding carboxylic acids is 1. The van der Waals surface area contributed by atoms with E-state index in [0.717, 1.165) is 45.3 Å². The van der Waals surface area contributed by atoms with Crippen LogP contribution in [0.2, 0.25) is 0 Å². The van der Waals surface area contributed by atoms with Crippen LogP contribution in [-0.4, -0.2) is 46.9 Å². The van der Waals surface area contributed by atoms with Crippen LogP contribution in [0.4, 0.5) is 0 Å². The second-order valence-corrected chi connectivity index (χ2v) is 7.76. The first-order valence-electron chi connectivity index (χ1n) is 9.40. The second kappa shape index (κ2) is 7.66. The van der Waals surface area contributed by atoms with Crippen LogP contribution in [0.1, 0.15) is 45.1 Å². The zero-order valence-corrected chi connectivity index (χ0v) is 15.0. The van der Waals surface area contributed by atoms with E-state index in [4.69, 9.17) is 5.73 Å². The Bertz CT molecular complexity index is 541. The Balaban J connectivity index is 1.66. The van der Waals surface area contributed by atoms with Crippen LogP contribution >= 0.6 is 0 Å². The summed E-state index contributed by atoms with van der Waals surface area (Å²) in [6.45, 7) is 7.14. The number of piperidine rings is 1. The molecule has 0 spiro atoms. The molecule has 2 fully saturated rings. The quantitative estimate of drug-likeness (QED) is 0.873. The molecular formula is C20H31N3O. The standard InChI is InChI=1S/C20H31N3O/c1-15(2)19(21)20(24)23(17-10-11-17)18-9-6-12-22(14-18)13-16-7-4-3-5-8-16/h3-5,7-8,15,17-19H,6,9-14,21H2,1-2H3/t18-,19+/m1/s1. The molecule has 2 aliphatic rings. The van der Waals surface area contributed by atoms with Gasteiger partial charge >= 0.3 is 0 Å². The summed E-state index contributed by atoms with van der Waals surface area (Å²) in [7, 11) is 0. The molecule has 3 rings (SSSR count). The molecule has 132 valence electrons. The Hall–Kier alpha value is -1.39. The number of nitrogens with zero attached hydrogens (tertiary/aromatic N) is 2. The van der Waals surface area contributed by atoms with Gasteiger partial charge in [0.05, 0.1) is 6.04 Å². The maximum Gasteiger partial charge on any atom is 0.240 e. The summed E-state index contributed by atoms with van der Waals surface area (Å²) < 4.78 is 0. The number of benzene rings is 1. The van der Waals surface area contributed by atoms with Gasteiger partial charge in [-0.2, -0.15) is 0 Å². The van der Waals surface area contributed by atoms with Crippen molar-refractivity contribution in [3.8, 4) is 0 Å². The molecule has 1 heterocycles. The minimum atomic E-state index is -0.366. The number of nitrogens with two attached hydrogens (primary N) is 1. The monoisotopic (exact) mass is 329 g/mol. The maximum atomic E-state index is 12.9. The molecular weight excluding hydrogens is 298 g/mol. The number of rotatable bonds is 6. The van der Waals surface area contributed by atoms with Crippen LogP contribution in [0.25, 0.3) is 0 Å². The van der Waals surface area contributed by atoms with Crippen molar-refractivity contribution in [1.29, 1.82) is 0 Å². The van der Waals surface area contributed by atoms with Gasteiger partial charge in [0, 0.05) is 25.2 Å². The zero-order valence-electron chi connectivity index (χ0n) is 15.0. The molecule has 1 aliphatic heterocycles. The molecule has 1 aromatic carbocycles. The van der Waals surface area contributed by atoms with E-state index in [1.807, 2.05) is 13.8 Å². The first-order valence-corrected chi connectivity index (χ1v) is 9.40. The first kappa shape index (κ1) is 17.4. The molecule has 2 atom stereocenters. The van der Waals surface area contributed by atoms with Gasteiger partial charge in [0.2, 0.25) is 5.91 Å². The second-order valence-electron chi connectivity index (χ2n) is 7.76. The summed E-state index contributed by atoms with van der Waals surface area (Å²) in [5, 5.41) is 0. The summed E-state index contributed by atoms with van der Waals surface area (Å²) >= 11 is 0. The largest absolute Gasteiger partial charge is 0.334 e. The summed E-state index contributed by atoms with van der Waals surface area (Å²) in [4.78, 5) is 17.6. The summed E-state index contributed by atoms with van der Waals surface area (Å²) in [5.41, 5.74) is 7.54. The molecule has 4 nitrogen and oxygen atoms in total. The third kappa shape index (κ3) is 4.17. The van der Waals surface area contributed by atoms with E-state index in [1.165, 1.54) is 5.56 Å². The SMILES string of the molecule is CC(C)[C@H](N)C(=O)N(C1CC1)[C@@H]1CCCN(Cc2ccccc2)C1. The van der Waals surface area contributed by atoms with E-state index in [9.17, 15) is 4.79 Å². The van der Waals surface area contributed by atoms with E-state index >= 15 is 0 Å². The lowest BCUT2D eigenvalue weighted by Gasteiger charge is -2.41. The van der Waals surface area contributed by atoms with Gasteiger partial charge in [-0.1, -0.05) is 44.2 Å². The van der Waals surface area contributed by atoms with E-state index in [2.05, 4.69) is 40.1 Å². The van der Waals surface area contributed by atoms with Gasteiger partial charge in [-0.3, -0.25) is 9.69 Å². The molecule has 1 saturated heterocycles. The van der Waals surface area contributed by atoms with Gasteiger partial charge in [-0.05, 0) is 43.7 Å². The lowest BCUT2D eigenvalue weighted by molar-refractivity contribution is -0.138. The zero-order chi connectivity index (χ0) is 17.1. The number of hydrogen-bond acceptors (Lipinski definition) is 3. The molecule has 1 aromatic rings. The number of hydrogen-bond donors (Lipinski definition) is 1. The van der Waals surface area contributed by atoms with Crippen LogP contribution in [0.15, 0.2) is 30.3 Å². The highest BCUT2D eigenvalue weighted by Gasteiger charge is 2.40. The van der Waals surface area contributed by atoms with Gasteiger partial charge in [0.15, 0.2) is 0 Å². The van der Waals surface area contributed by atoms with Gasteiger partial charge in [0.25, 0.3) is 0 Å². The third-order valence-corrected chi connectivity index (χ3v) is 5.32. The molecule has 0 unspecified atom stereocenters. The van der Waals surface area contributed by atoms with Crippen molar-refractivity contribution < 1.29 is 4.79 Å². The molecule has 1 aliphatic carbocycles. The topological polar surface area (TPSA) is 49.6 Å². The predicted octanol–water partition coefficient (Wildman–Crippen LogP) is 2.63. The highest BCUT2D eigenvalue weighted by Crippen LogP contribution is 2.32. The number of carbonyl (C=O) groups is 1. The smallest absolute Gasteiger partial charge is 0.240 e. The Morgan fingerprint density at radius 3 is 2.54 bits per heavy atom. The van der Waals surface area contributed by atoms with Crippen LogP contribution in [0.5, 0.6) is 0 Å². The Labute approximate surface area is 146 Å². The van der Waals surface area contributed by atoms with E-state index in [1.54, 1.807) is 0 Å². The van der Waals surface area contributed by atoms with Crippen molar-refractivity contribution in [1.82, 2.24) is 9.80 Å². The lowest BCUT2D eigenvalue weighted by Crippen LogP contribution is -2.56. The molecule has 1 saturated carbocycles. The predicted molar refractivity (Wildman–Crippen MR) is 97.4 cm³/mol. The van der Waals surface area contributed by atoms with Crippen molar-refractivity contribution in [3.63, 3.8) is 0 Å². The average Bonchev–Trinajstić information content (AvgIpc) is 3.40. The van der Waals surface area contributed by atoms with Crippen LogP contribution in [-0.2, 0) is 11.3 Å². The Morgan fingerprint density at radius 2 is 1.92 bits per heavy atom. The summed E-state index contributed by atoms with van der Waals surface area (Å²) in [5.74, 6) is 0.363. The highest BCUT2D eigenvalue weighted by molar-refractivity contribution is 5.82. The third-order valence-electron chi connectivity index (χ3n) is 5.32. The fraction of sp³-hybridized carbons (Fsp3) is 0.650. The van der Waals surface area contributed by atoms with Crippen molar-refractivity contribution in [2.45, 2.75) is 64.2 Å². The highest BCUT2D eigenvalue weighted by atomic mass is 16.2. The van der Waals surface area contributed by atoms with Gasteiger partial charge in [0.1, 0.15) is 0 Å². The minimum absolute atomic E-state index is 0.166. The molecule has 24 heavy (non-hydrogen) atoms. The molecule has 2 N–H and O–H groups in total. The normalized spacial score (nSPS) is 23.2. The molecule has 0 radical (unpaired) electrons. The average molecular weight is 329 g/mol.